The van der Waals surface area contributed by atoms with Gasteiger partial charge in [0.05, 0.1) is 0 Å². The third kappa shape index (κ3) is 3.24. The number of rotatable bonds is 4. The van der Waals surface area contributed by atoms with E-state index < -0.39 is 0 Å². The number of para-hydroxylation sites is 1. The van der Waals surface area contributed by atoms with E-state index in [1.807, 2.05) is 29.3 Å². The Hall–Kier alpha value is -2.30. The van der Waals surface area contributed by atoms with Crippen molar-refractivity contribution < 1.29 is 9.53 Å². The van der Waals surface area contributed by atoms with Gasteiger partial charge in [-0.25, -0.2) is 4.98 Å². The minimum atomic E-state index is -0.348. The summed E-state index contributed by atoms with van der Waals surface area (Å²) < 4.78 is 8.26. The topological polar surface area (TPSA) is 47.4 Å². The zero-order chi connectivity index (χ0) is 18.2. The fraction of sp³-hybridized carbons (Fsp3) is 0.545. The summed E-state index contributed by atoms with van der Waals surface area (Å²) in [4.78, 5) is 19.6. The van der Waals surface area contributed by atoms with Gasteiger partial charge in [-0.15, -0.1) is 0 Å². The quantitative estimate of drug-likeness (QED) is 0.834. The van der Waals surface area contributed by atoms with Gasteiger partial charge in [0.2, 0.25) is 0 Å². The molecule has 5 nitrogen and oxygen atoms in total. The molecule has 0 radical (unpaired) electrons. The molecule has 3 aliphatic rings. The van der Waals surface area contributed by atoms with E-state index in [-0.39, 0.29) is 12.0 Å². The number of hydrogen-bond donors (Lipinski definition) is 0. The predicted molar refractivity (Wildman–Crippen MR) is 103 cm³/mol. The number of carbonyl (C=O) groups is 1. The first-order valence-corrected chi connectivity index (χ1v) is 10.3. The summed E-state index contributed by atoms with van der Waals surface area (Å²) in [6.07, 6.45) is 10.5. The Morgan fingerprint density at radius 3 is 2.70 bits per heavy atom. The van der Waals surface area contributed by atoms with Gasteiger partial charge in [-0.05, 0) is 43.2 Å². The monoisotopic (exact) mass is 365 g/mol. The second kappa shape index (κ2) is 7.02. The molecule has 1 aliphatic carbocycles. The summed E-state index contributed by atoms with van der Waals surface area (Å²) >= 11 is 0. The minimum absolute atomic E-state index is 0.141. The molecule has 0 bridgehead atoms. The summed E-state index contributed by atoms with van der Waals surface area (Å²) in [6, 6.07) is 7.97. The molecule has 0 spiro atoms. The Morgan fingerprint density at radius 2 is 1.96 bits per heavy atom. The number of hydrogen-bond acceptors (Lipinski definition) is 3. The molecule has 27 heavy (non-hydrogen) atoms. The van der Waals surface area contributed by atoms with Crippen LogP contribution >= 0.6 is 0 Å². The SMILES string of the molecule is O=C([C@@H]1Cc2ccccc2O1)N1CCC(c2nccn2CC2CCC2)CC1. The van der Waals surface area contributed by atoms with Crippen LogP contribution in [0.1, 0.15) is 49.4 Å². The molecule has 5 rings (SSSR count). The third-order valence-electron chi connectivity index (χ3n) is 6.52. The molecule has 3 heterocycles. The number of aromatic nitrogens is 2. The van der Waals surface area contributed by atoms with Crippen molar-refractivity contribution in [3.8, 4) is 5.75 Å². The highest BCUT2D eigenvalue weighted by atomic mass is 16.5. The number of carbonyl (C=O) groups excluding carboxylic acids is 1. The minimum Gasteiger partial charge on any atom is -0.480 e. The first kappa shape index (κ1) is 16.8. The van der Waals surface area contributed by atoms with Crippen molar-refractivity contribution >= 4 is 5.91 Å². The molecule has 0 N–H and O–H groups in total. The van der Waals surface area contributed by atoms with Gasteiger partial charge in [0.1, 0.15) is 11.6 Å². The van der Waals surface area contributed by atoms with Gasteiger partial charge in [-0.2, -0.15) is 0 Å². The molecule has 5 heteroatoms. The van der Waals surface area contributed by atoms with Crippen LogP contribution in [-0.2, 0) is 17.8 Å². The highest BCUT2D eigenvalue weighted by Crippen LogP contribution is 2.33. The van der Waals surface area contributed by atoms with Crippen molar-refractivity contribution in [2.45, 2.75) is 57.1 Å². The van der Waals surface area contributed by atoms with Gasteiger partial charge < -0.3 is 14.2 Å². The number of nitrogens with zero attached hydrogens (tertiary/aromatic N) is 3. The average molecular weight is 365 g/mol. The number of likely N-dealkylation sites (tertiary alicyclic amines) is 1. The van der Waals surface area contributed by atoms with Crippen LogP contribution in [0, 0.1) is 5.92 Å². The lowest BCUT2D eigenvalue weighted by molar-refractivity contribution is -0.139. The van der Waals surface area contributed by atoms with Gasteiger partial charge in [0.15, 0.2) is 6.10 Å². The van der Waals surface area contributed by atoms with E-state index >= 15 is 0 Å². The molecule has 0 unspecified atom stereocenters. The summed E-state index contributed by atoms with van der Waals surface area (Å²) in [5.74, 6) is 3.52. The molecule has 1 amide bonds. The molecular formula is C22H27N3O2. The van der Waals surface area contributed by atoms with Gasteiger partial charge in [0, 0.05) is 44.4 Å². The normalized spacial score (nSPS) is 23.0. The number of ether oxygens (including phenoxy) is 1. The third-order valence-corrected chi connectivity index (χ3v) is 6.52. The van der Waals surface area contributed by atoms with Gasteiger partial charge >= 0.3 is 0 Å². The zero-order valence-electron chi connectivity index (χ0n) is 15.7. The Morgan fingerprint density at radius 1 is 1.15 bits per heavy atom. The van der Waals surface area contributed by atoms with Crippen molar-refractivity contribution in [3.05, 3.63) is 48.0 Å². The number of amides is 1. The highest BCUT2D eigenvalue weighted by Gasteiger charge is 2.35. The molecule has 1 aromatic heterocycles. The summed E-state index contributed by atoms with van der Waals surface area (Å²) in [5, 5.41) is 0. The summed E-state index contributed by atoms with van der Waals surface area (Å²) in [7, 11) is 0. The van der Waals surface area contributed by atoms with Crippen LogP contribution in [0.5, 0.6) is 5.75 Å². The lowest BCUT2D eigenvalue weighted by atomic mass is 9.85. The van der Waals surface area contributed by atoms with E-state index in [1.54, 1.807) is 0 Å². The molecule has 142 valence electrons. The van der Waals surface area contributed by atoms with E-state index in [0.717, 1.165) is 49.7 Å². The Labute approximate surface area is 160 Å². The molecular weight excluding hydrogens is 338 g/mol. The lowest BCUT2D eigenvalue weighted by Crippen LogP contribution is -2.45. The van der Waals surface area contributed by atoms with Gasteiger partial charge in [0.25, 0.3) is 5.91 Å². The Bertz CT molecular complexity index is 793. The van der Waals surface area contributed by atoms with E-state index in [1.165, 1.54) is 25.1 Å². The molecule has 1 aromatic carbocycles. The standard InChI is InChI=1S/C22H27N3O2/c26-22(20-14-18-6-1-2-7-19(18)27-20)24-11-8-17(9-12-24)21-23-10-13-25(21)15-16-4-3-5-16/h1-2,6-7,10,13,16-17,20H,3-5,8-9,11-12,14-15H2/t20-/m0/s1. The highest BCUT2D eigenvalue weighted by molar-refractivity contribution is 5.82. The Balaban J connectivity index is 1.19. The largest absolute Gasteiger partial charge is 0.480 e. The fourth-order valence-corrected chi connectivity index (χ4v) is 4.67. The maximum atomic E-state index is 12.9. The second-order valence-electron chi connectivity index (χ2n) is 8.25. The average Bonchev–Trinajstić information content (AvgIpc) is 3.31. The van der Waals surface area contributed by atoms with Crippen LogP contribution in [0.3, 0.4) is 0 Å². The molecule has 2 fully saturated rings. The van der Waals surface area contributed by atoms with Crippen molar-refractivity contribution in [2.75, 3.05) is 13.1 Å². The fourth-order valence-electron chi connectivity index (χ4n) is 4.67. The smallest absolute Gasteiger partial charge is 0.263 e. The molecule has 2 aromatic rings. The second-order valence-corrected chi connectivity index (χ2v) is 8.25. The predicted octanol–water partition coefficient (Wildman–Crippen LogP) is 3.39. The molecule has 1 saturated heterocycles. The molecule has 1 atom stereocenters. The number of imidazole rings is 1. The Kier molecular flexibility index (Phi) is 4.38. The van der Waals surface area contributed by atoms with E-state index in [2.05, 4.69) is 21.8 Å². The zero-order valence-corrected chi connectivity index (χ0v) is 15.7. The maximum absolute atomic E-state index is 12.9. The van der Waals surface area contributed by atoms with Crippen molar-refractivity contribution in [2.24, 2.45) is 5.92 Å². The van der Waals surface area contributed by atoms with Crippen LogP contribution in [0.4, 0.5) is 0 Å². The summed E-state index contributed by atoms with van der Waals surface area (Å²) in [5.41, 5.74) is 1.14. The molecule has 2 aliphatic heterocycles. The van der Waals surface area contributed by atoms with Crippen molar-refractivity contribution in [1.29, 1.82) is 0 Å². The van der Waals surface area contributed by atoms with E-state index in [9.17, 15) is 4.79 Å². The van der Waals surface area contributed by atoms with Crippen LogP contribution in [-0.4, -0.2) is 39.6 Å². The van der Waals surface area contributed by atoms with Gasteiger partial charge in [-0.3, -0.25) is 4.79 Å². The molecule has 1 saturated carbocycles. The van der Waals surface area contributed by atoms with Crippen LogP contribution in [0.15, 0.2) is 36.7 Å². The first-order valence-electron chi connectivity index (χ1n) is 10.3. The van der Waals surface area contributed by atoms with Crippen LogP contribution < -0.4 is 4.74 Å². The van der Waals surface area contributed by atoms with E-state index in [0.29, 0.717) is 12.3 Å². The maximum Gasteiger partial charge on any atom is 0.263 e. The number of piperidine rings is 1. The van der Waals surface area contributed by atoms with Crippen molar-refractivity contribution in [1.82, 2.24) is 14.5 Å². The number of benzene rings is 1. The van der Waals surface area contributed by atoms with Crippen LogP contribution in [0.2, 0.25) is 0 Å². The summed E-state index contributed by atoms with van der Waals surface area (Å²) in [6.45, 7) is 2.72. The van der Waals surface area contributed by atoms with E-state index in [4.69, 9.17) is 4.74 Å². The number of fused-ring (bicyclic) bond motifs is 1. The van der Waals surface area contributed by atoms with Crippen LogP contribution in [0.25, 0.3) is 0 Å². The van der Waals surface area contributed by atoms with Crippen molar-refractivity contribution in [3.63, 3.8) is 0 Å². The van der Waals surface area contributed by atoms with Gasteiger partial charge in [-0.1, -0.05) is 24.6 Å². The lowest BCUT2D eigenvalue weighted by Gasteiger charge is -2.34. The first-order chi connectivity index (χ1) is 13.3.